The summed E-state index contributed by atoms with van der Waals surface area (Å²) in [5.41, 5.74) is 1.64. The summed E-state index contributed by atoms with van der Waals surface area (Å²) in [6.07, 6.45) is 3.94. The average molecular weight is 262 g/mol. The van der Waals surface area contributed by atoms with Gasteiger partial charge >= 0.3 is 0 Å². The van der Waals surface area contributed by atoms with Crippen molar-refractivity contribution in [3.63, 3.8) is 0 Å². The lowest BCUT2D eigenvalue weighted by molar-refractivity contribution is 0.478. The first-order valence-corrected chi connectivity index (χ1v) is 6.17. The van der Waals surface area contributed by atoms with Crippen LogP contribution >= 0.6 is 11.6 Å². The van der Waals surface area contributed by atoms with Gasteiger partial charge in [-0.2, -0.15) is 0 Å². The number of aromatic nitrogens is 2. The van der Waals surface area contributed by atoms with Crippen LogP contribution in [0.5, 0.6) is 5.75 Å². The van der Waals surface area contributed by atoms with Crippen molar-refractivity contribution in [2.24, 2.45) is 0 Å². The second-order valence-corrected chi connectivity index (χ2v) is 4.83. The topological polar surface area (TPSA) is 58.0 Å². The Bertz CT molecular complexity index is 584. The number of nitrogens with zero attached hydrogens (tertiary/aromatic N) is 2. The number of rotatable bonds is 3. The summed E-state index contributed by atoms with van der Waals surface area (Å²) in [6.45, 7) is 0. The van der Waals surface area contributed by atoms with E-state index in [1.54, 1.807) is 18.5 Å². The molecule has 0 saturated heterocycles. The molecule has 1 aliphatic carbocycles. The van der Waals surface area contributed by atoms with Crippen molar-refractivity contribution in [3.05, 3.63) is 41.3 Å². The van der Waals surface area contributed by atoms with Gasteiger partial charge in [-0.3, -0.25) is 0 Å². The molecule has 0 radical (unpaired) electrons. The van der Waals surface area contributed by atoms with Crippen LogP contribution in [-0.4, -0.2) is 15.1 Å². The van der Waals surface area contributed by atoms with Gasteiger partial charge in [0.1, 0.15) is 17.9 Å². The van der Waals surface area contributed by atoms with Gasteiger partial charge < -0.3 is 10.4 Å². The summed E-state index contributed by atoms with van der Waals surface area (Å²) >= 11 is 5.78. The minimum atomic E-state index is 0.106. The van der Waals surface area contributed by atoms with Crippen LogP contribution in [0.15, 0.2) is 30.6 Å². The molecule has 2 N–H and O–H groups in total. The van der Waals surface area contributed by atoms with Crippen LogP contribution in [-0.2, 0) is 0 Å². The fourth-order valence-electron chi connectivity index (χ4n) is 1.79. The van der Waals surface area contributed by atoms with Crippen LogP contribution in [0.3, 0.4) is 0 Å². The molecule has 2 aromatic rings. The summed E-state index contributed by atoms with van der Waals surface area (Å²) in [5, 5.41) is 13.3. The zero-order chi connectivity index (χ0) is 12.5. The fraction of sp³-hybridized carbons (Fsp3) is 0.231. The molecular weight excluding hydrogens is 250 g/mol. The number of hydrogen-bond donors (Lipinski definition) is 2. The van der Waals surface area contributed by atoms with E-state index in [1.807, 2.05) is 6.07 Å². The van der Waals surface area contributed by atoms with Crippen LogP contribution in [0, 0.1) is 0 Å². The Kier molecular flexibility index (Phi) is 2.80. The Morgan fingerprint density at radius 2 is 2.06 bits per heavy atom. The van der Waals surface area contributed by atoms with E-state index in [4.69, 9.17) is 11.6 Å². The second-order valence-electron chi connectivity index (χ2n) is 4.39. The number of hydrogen-bond acceptors (Lipinski definition) is 4. The van der Waals surface area contributed by atoms with Crippen molar-refractivity contribution in [1.82, 2.24) is 9.97 Å². The largest absolute Gasteiger partial charge is 0.506 e. The summed E-state index contributed by atoms with van der Waals surface area (Å²) in [4.78, 5) is 8.39. The van der Waals surface area contributed by atoms with E-state index in [0.29, 0.717) is 22.4 Å². The molecule has 5 heteroatoms. The molecule has 1 saturated carbocycles. The van der Waals surface area contributed by atoms with E-state index < -0.39 is 0 Å². The molecule has 0 unspecified atom stereocenters. The molecule has 1 fully saturated rings. The van der Waals surface area contributed by atoms with Crippen LogP contribution in [0.4, 0.5) is 11.5 Å². The molecule has 4 nitrogen and oxygen atoms in total. The molecule has 0 bridgehead atoms. The average Bonchev–Trinajstić information content (AvgIpc) is 3.17. The normalized spacial score (nSPS) is 14.5. The summed E-state index contributed by atoms with van der Waals surface area (Å²) in [7, 11) is 0. The van der Waals surface area contributed by atoms with E-state index in [0.717, 1.165) is 5.69 Å². The number of halogens is 1. The van der Waals surface area contributed by atoms with Crippen LogP contribution < -0.4 is 5.32 Å². The maximum Gasteiger partial charge on any atom is 0.140 e. The van der Waals surface area contributed by atoms with Crippen molar-refractivity contribution in [1.29, 1.82) is 0 Å². The first-order chi connectivity index (χ1) is 8.72. The minimum absolute atomic E-state index is 0.106. The van der Waals surface area contributed by atoms with E-state index in [-0.39, 0.29) is 5.75 Å². The second kappa shape index (κ2) is 4.46. The van der Waals surface area contributed by atoms with Gasteiger partial charge in [-0.1, -0.05) is 11.6 Å². The Labute approximate surface area is 110 Å². The Balaban J connectivity index is 1.84. The number of phenolic OH excluding ortho intramolecular Hbond substituents is 1. The quantitative estimate of drug-likeness (QED) is 0.831. The summed E-state index contributed by atoms with van der Waals surface area (Å²) in [6, 6.07) is 6.85. The van der Waals surface area contributed by atoms with Crippen molar-refractivity contribution in [2.45, 2.75) is 18.8 Å². The highest BCUT2D eigenvalue weighted by Gasteiger charge is 2.25. The predicted molar refractivity (Wildman–Crippen MR) is 70.4 cm³/mol. The van der Waals surface area contributed by atoms with Crippen LogP contribution in [0.2, 0.25) is 5.02 Å². The molecular formula is C13H12ClN3O. The number of nitrogens with one attached hydrogen (secondary N) is 1. The maximum absolute atomic E-state index is 9.75. The fourth-order valence-corrected chi connectivity index (χ4v) is 1.96. The molecule has 1 aromatic carbocycles. The number of benzene rings is 1. The number of aromatic hydroxyl groups is 1. The third kappa shape index (κ3) is 2.38. The van der Waals surface area contributed by atoms with Gasteiger partial charge in [0.15, 0.2) is 0 Å². The zero-order valence-corrected chi connectivity index (χ0v) is 10.4. The van der Waals surface area contributed by atoms with Crippen LogP contribution in [0.25, 0.3) is 0 Å². The summed E-state index contributed by atoms with van der Waals surface area (Å²) in [5.74, 6) is 1.37. The molecule has 1 aliphatic rings. The van der Waals surface area contributed by atoms with Gasteiger partial charge in [-0.25, -0.2) is 9.97 Å². The SMILES string of the molecule is Oc1cc(Cl)ccc1Nc1cc(C2CC2)ncn1. The lowest BCUT2D eigenvalue weighted by Gasteiger charge is -2.08. The van der Waals surface area contributed by atoms with Crippen molar-refractivity contribution in [3.8, 4) is 5.75 Å². The van der Waals surface area contributed by atoms with Gasteiger partial charge in [0.25, 0.3) is 0 Å². The zero-order valence-electron chi connectivity index (χ0n) is 9.60. The standard InChI is InChI=1S/C13H12ClN3O/c14-9-3-4-10(12(18)5-9)17-13-6-11(8-1-2-8)15-7-16-13/h3-8,18H,1-2H2,(H,15,16,17). The smallest absolute Gasteiger partial charge is 0.140 e. The Hall–Kier alpha value is -1.81. The van der Waals surface area contributed by atoms with Crippen LogP contribution in [0.1, 0.15) is 24.5 Å². The van der Waals surface area contributed by atoms with E-state index >= 15 is 0 Å². The molecule has 3 rings (SSSR count). The monoisotopic (exact) mass is 261 g/mol. The van der Waals surface area contributed by atoms with Gasteiger partial charge in [-0.15, -0.1) is 0 Å². The molecule has 0 spiro atoms. The van der Waals surface area contributed by atoms with E-state index in [2.05, 4.69) is 15.3 Å². The summed E-state index contributed by atoms with van der Waals surface area (Å²) < 4.78 is 0. The molecule has 1 aromatic heterocycles. The highest BCUT2D eigenvalue weighted by Crippen LogP contribution is 2.39. The molecule has 0 aliphatic heterocycles. The predicted octanol–water partition coefficient (Wildman–Crippen LogP) is 3.46. The van der Waals surface area contributed by atoms with Crippen molar-refractivity contribution >= 4 is 23.1 Å². The third-order valence-corrected chi connectivity index (χ3v) is 3.14. The van der Waals surface area contributed by atoms with Gasteiger partial charge in [0.2, 0.25) is 0 Å². The first kappa shape index (κ1) is 11.3. The molecule has 0 amide bonds. The molecule has 92 valence electrons. The third-order valence-electron chi connectivity index (χ3n) is 2.91. The Morgan fingerprint density at radius 3 is 2.78 bits per heavy atom. The molecule has 18 heavy (non-hydrogen) atoms. The van der Waals surface area contributed by atoms with Gasteiger partial charge in [0.05, 0.1) is 5.69 Å². The number of phenols is 1. The number of anilines is 2. The maximum atomic E-state index is 9.75. The highest BCUT2D eigenvalue weighted by molar-refractivity contribution is 6.30. The lowest BCUT2D eigenvalue weighted by atomic mass is 10.2. The highest BCUT2D eigenvalue weighted by atomic mass is 35.5. The Morgan fingerprint density at radius 1 is 1.22 bits per heavy atom. The van der Waals surface area contributed by atoms with E-state index in [1.165, 1.54) is 18.9 Å². The van der Waals surface area contributed by atoms with E-state index in [9.17, 15) is 5.11 Å². The van der Waals surface area contributed by atoms with Gasteiger partial charge in [-0.05, 0) is 25.0 Å². The first-order valence-electron chi connectivity index (χ1n) is 5.80. The lowest BCUT2D eigenvalue weighted by Crippen LogP contribution is -1.96. The molecule has 0 atom stereocenters. The van der Waals surface area contributed by atoms with Crippen molar-refractivity contribution in [2.75, 3.05) is 5.32 Å². The van der Waals surface area contributed by atoms with Gasteiger partial charge in [0, 0.05) is 28.8 Å². The van der Waals surface area contributed by atoms with Crippen molar-refractivity contribution < 1.29 is 5.11 Å². The molecule has 1 heterocycles. The minimum Gasteiger partial charge on any atom is -0.506 e.